The number of aromatic nitrogens is 4. The second-order valence-corrected chi connectivity index (χ2v) is 5.86. The van der Waals surface area contributed by atoms with Gasteiger partial charge < -0.3 is 9.47 Å². The van der Waals surface area contributed by atoms with Crippen molar-refractivity contribution in [3.8, 4) is 5.69 Å². The first-order valence-electron chi connectivity index (χ1n) is 7.92. The van der Waals surface area contributed by atoms with Gasteiger partial charge in [0.1, 0.15) is 18.7 Å². The van der Waals surface area contributed by atoms with Gasteiger partial charge in [0, 0.05) is 19.4 Å². The molecule has 1 amide bonds. The summed E-state index contributed by atoms with van der Waals surface area (Å²) in [7, 11) is 1.85. The summed E-state index contributed by atoms with van der Waals surface area (Å²) in [6.07, 6.45) is 6.99. The van der Waals surface area contributed by atoms with E-state index in [-0.39, 0.29) is 18.0 Å². The van der Waals surface area contributed by atoms with Gasteiger partial charge in [-0.15, -0.1) is 0 Å². The van der Waals surface area contributed by atoms with E-state index in [4.69, 9.17) is 0 Å². The molecule has 3 aromatic rings. The maximum Gasteiger partial charge on any atom is 0.245 e. The predicted octanol–water partition coefficient (Wildman–Crippen LogP) is 2.85. The van der Waals surface area contributed by atoms with Gasteiger partial charge in [-0.2, -0.15) is 5.10 Å². The van der Waals surface area contributed by atoms with E-state index >= 15 is 0 Å². The second kappa shape index (κ2) is 6.70. The highest BCUT2D eigenvalue weighted by molar-refractivity contribution is 5.80. The summed E-state index contributed by atoms with van der Waals surface area (Å²) >= 11 is 0. The normalized spacial score (nSPS) is 13.5. The molecule has 0 radical (unpaired) electrons. The summed E-state index contributed by atoms with van der Waals surface area (Å²) in [4.78, 5) is 18.4. The Morgan fingerprint density at radius 1 is 1.12 bits per heavy atom. The van der Waals surface area contributed by atoms with E-state index in [1.54, 1.807) is 15.9 Å². The Labute approximate surface area is 141 Å². The molecule has 2 atom stereocenters. The van der Waals surface area contributed by atoms with E-state index < -0.39 is 0 Å². The maximum absolute atomic E-state index is 12.7. The molecule has 2 aromatic heterocycles. The zero-order valence-electron chi connectivity index (χ0n) is 14.1. The van der Waals surface area contributed by atoms with Gasteiger partial charge in [0.15, 0.2) is 0 Å². The van der Waals surface area contributed by atoms with Gasteiger partial charge in [-0.25, -0.2) is 9.67 Å². The Bertz CT molecular complexity index is 777. The van der Waals surface area contributed by atoms with Gasteiger partial charge in [0.2, 0.25) is 5.91 Å². The highest BCUT2D eigenvalue weighted by Crippen LogP contribution is 2.23. The topological polar surface area (TPSA) is 56.0 Å². The van der Waals surface area contributed by atoms with Gasteiger partial charge >= 0.3 is 0 Å². The number of carbonyl (C=O) groups is 1. The van der Waals surface area contributed by atoms with E-state index in [0.29, 0.717) is 0 Å². The van der Waals surface area contributed by atoms with E-state index in [1.165, 1.54) is 6.33 Å². The van der Waals surface area contributed by atoms with Crippen molar-refractivity contribution in [3.05, 3.63) is 67.0 Å². The third-order valence-electron chi connectivity index (χ3n) is 4.42. The van der Waals surface area contributed by atoms with E-state index in [0.717, 1.165) is 11.3 Å². The molecule has 6 nitrogen and oxygen atoms in total. The number of rotatable bonds is 5. The van der Waals surface area contributed by atoms with Crippen molar-refractivity contribution in [2.45, 2.75) is 25.9 Å². The van der Waals surface area contributed by atoms with Crippen LogP contribution in [0, 0.1) is 0 Å². The van der Waals surface area contributed by atoms with E-state index in [1.807, 2.05) is 74.3 Å². The van der Waals surface area contributed by atoms with Gasteiger partial charge in [-0.3, -0.25) is 4.79 Å². The minimum atomic E-state index is -0.220. The molecular formula is C18H21N5O. The van der Waals surface area contributed by atoms with Gasteiger partial charge in [0.25, 0.3) is 0 Å². The number of likely N-dealkylation sites (N-methyl/N-ethyl adjacent to an activating group) is 1. The first-order valence-corrected chi connectivity index (χ1v) is 7.92. The largest absolute Gasteiger partial charge is 0.342 e. The van der Waals surface area contributed by atoms with Crippen LogP contribution in [0.4, 0.5) is 0 Å². The number of carbonyl (C=O) groups excluding carboxylic acids is 1. The smallest absolute Gasteiger partial charge is 0.245 e. The molecule has 0 aliphatic carbocycles. The van der Waals surface area contributed by atoms with Crippen LogP contribution in [-0.4, -0.2) is 37.2 Å². The van der Waals surface area contributed by atoms with Gasteiger partial charge in [-0.05, 0) is 43.7 Å². The number of nitrogens with zero attached hydrogens (tertiary/aromatic N) is 5. The summed E-state index contributed by atoms with van der Waals surface area (Å²) in [5.41, 5.74) is 2.02. The predicted molar refractivity (Wildman–Crippen MR) is 91.7 cm³/mol. The Balaban J connectivity index is 1.73. The number of amides is 1. The van der Waals surface area contributed by atoms with Crippen molar-refractivity contribution in [2.24, 2.45) is 0 Å². The first-order chi connectivity index (χ1) is 11.6. The second-order valence-electron chi connectivity index (χ2n) is 5.86. The van der Waals surface area contributed by atoms with Crippen molar-refractivity contribution in [2.75, 3.05) is 7.05 Å². The van der Waals surface area contributed by atoms with Gasteiger partial charge in [0.05, 0.1) is 11.7 Å². The summed E-state index contributed by atoms with van der Waals surface area (Å²) < 4.78 is 3.62. The molecular weight excluding hydrogens is 302 g/mol. The zero-order chi connectivity index (χ0) is 17.1. The highest BCUT2D eigenvalue weighted by atomic mass is 16.2. The fourth-order valence-electron chi connectivity index (χ4n) is 2.69. The number of hydrogen-bond acceptors (Lipinski definition) is 3. The van der Waals surface area contributed by atoms with Crippen LogP contribution in [-0.2, 0) is 4.79 Å². The monoisotopic (exact) mass is 323 g/mol. The van der Waals surface area contributed by atoms with Crippen LogP contribution in [0.5, 0.6) is 0 Å². The lowest BCUT2D eigenvalue weighted by molar-refractivity contribution is -0.134. The minimum absolute atomic E-state index is 0.0136. The fourth-order valence-corrected chi connectivity index (χ4v) is 2.69. The lowest BCUT2D eigenvalue weighted by Crippen LogP contribution is -2.34. The zero-order valence-corrected chi connectivity index (χ0v) is 14.1. The minimum Gasteiger partial charge on any atom is -0.342 e. The Kier molecular flexibility index (Phi) is 4.46. The van der Waals surface area contributed by atoms with Crippen LogP contribution >= 0.6 is 0 Å². The van der Waals surface area contributed by atoms with Crippen molar-refractivity contribution >= 4 is 5.91 Å². The molecule has 0 bridgehead atoms. The number of hydrogen-bond donors (Lipinski definition) is 0. The Morgan fingerprint density at radius 3 is 2.38 bits per heavy atom. The van der Waals surface area contributed by atoms with Crippen LogP contribution in [0.3, 0.4) is 0 Å². The van der Waals surface area contributed by atoms with E-state index in [2.05, 4.69) is 10.1 Å². The molecule has 0 N–H and O–H groups in total. The maximum atomic E-state index is 12.7. The van der Waals surface area contributed by atoms with Crippen LogP contribution in [0.2, 0.25) is 0 Å². The third-order valence-corrected chi connectivity index (χ3v) is 4.42. The van der Waals surface area contributed by atoms with Crippen LogP contribution < -0.4 is 0 Å². The van der Waals surface area contributed by atoms with Crippen molar-refractivity contribution in [1.29, 1.82) is 0 Å². The SMILES string of the molecule is C[C@H](c1ccc(-n2cncn2)cc1)N(C)C(=O)[C@H](C)n1cccc1. The first kappa shape index (κ1) is 16.0. The summed E-state index contributed by atoms with van der Waals surface area (Å²) in [5.74, 6) is 0.0825. The average molecular weight is 323 g/mol. The fraction of sp³-hybridized carbons (Fsp3) is 0.278. The molecule has 3 rings (SSSR count). The standard InChI is InChI=1S/C18H21N5O/c1-14(21(3)18(24)15(2)22-10-4-5-11-22)16-6-8-17(9-7-16)23-13-19-12-20-23/h4-15H,1-3H3/t14-,15+/m1/s1. The molecule has 1 aromatic carbocycles. The quantitative estimate of drug-likeness (QED) is 0.725. The van der Waals surface area contributed by atoms with Crippen molar-refractivity contribution in [3.63, 3.8) is 0 Å². The molecule has 0 aliphatic rings. The number of benzene rings is 1. The molecule has 124 valence electrons. The average Bonchev–Trinajstić information content (AvgIpc) is 3.32. The Morgan fingerprint density at radius 2 is 1.79 bits per heavy atom. The lowest BCUT2D eigenvalue weighted by atomic mass is 10.1. The molecule has 6 heteroatoms. The van der Waals surface area contributed by atoms with E-state index in [9.17, 15) is 4.79 Å². The highest BCUT2D eigenvalue weighted by Gasteiger charge is 2.23. The molecule has 0 fully saturated rings. The summed E-state index contributed by atoms with van der Waals surface area (Å²) in [5, 5.41) is 4.11. The summed E-state index contributed by atoms with van der Waals surface area (Å²) in [6.45, 7) is 3.95. The lowest BCUT2D eigenvalue weighted by Gasteiger charge is -2.28. The molecule has 24 heavy (non-hydrogen) atoms. The molecule has 0 saturated carbocycles. The molecule has 0 aliphatic heterocycles. The third kappa shape index (κ3) is 3.08. The van der Waals surface area contributed by atoms with Crippen LogP contribution in [0.15, 0.2) is 61.4 Å². The Hall–Kier alpha value is -2.89. The summed E-state index contributed by atoms with van der Waals surface area (Å²) in [6, 6.07) is 11.6. The van der Waals surface area contributed by atoms with Crippen molar-refractivity contribution in [1.82, 2.24) is 24.2 Å². The van der Waals surface area contributed by atoms with Crippen LogP contribution in [0.1, 0.15) is 31.5 Å². The molecule has 2 heterocycles. The van der Waals surface area contributed by atoms with Gasteiger partial charge in [-0.1, -0.05) is 12.1 Å². The van der Waals surface area contributed by atoms with Crippen molar-refractivity contribution < 1.29 is 4.79 Å². The van der Waals surface area contributed by atoms with Crippen LogP contribution in [0.25, 0.3) is 5.69 Å². The molecule has 0 saturated heterocycles. The molecule has 0 spiro atoms. The molecule has 0 unspecified atom stereocenters.